The normalized spacial score (nSPS) is 11.0. The molecule has 4 N–H and O–H groups in total. The third-order valence-electron chi connectivity index (χ3n) is 3.33. The molecule has 0 bridgehead atoms. The van der Waals surface area contributed by atoms with Crippen molar-refractivity contribution < 1.29 is 0 Å². The van der Waals surface area contributed by atoms with Crippen LogP contribution in [0.1, 0.15) is 16.8 Å². The Morgan fingerprint density at radius 1 is 1.17 bits per heavy atom. The number of aromatic nitrogens is 4. The fourth-order valence-electron chi connectivity index (χ4n) is 2.22. The van der Waals surface area contributed by atoms with Crippen LogP contribution >= 0.6 is 0 Å². The summed E-state index contributed by atoms with van der Waals surface area (Å²) < 4.78 is 0. The Hall–Kier alpha value is -3.84. The highest BCUT2D eigenvalue weighted by Crippen LogP contribution is 2.27. The predicted molar refractivity (Wildman–Crippen MR) is 85.2 cm³/mol. The summed E-state index contributed by atoms with van der Waals surface area (Å²) in [5.41, 5.74) is 8.78. The Morgan fingerprint density at radius 3 is 2.65 bits per heavy atom. The fraction of sp³-hybridized carbons (Fsp3) is 0. The molecule has 0 aliphatic carbocycles. The number of benzene rings is 1. The molecular formula is C16H11N7. The van der Waals surface area contributed by atoms with Crippen LogP contribution in [0.5, 0.6) is 0 Å². The summed E-state index contributed by atoms with van der Waals surface area (Å²) in [6.45, 7) is 0. The van der Waals surface area contributed by atoms with Gasteiger partial charge in [0.1, 0.15) is 17.7 Å². The minimum absolute atomic E-state index is 0.0686. The van der Waals surface area contributed by atoms with E-state index < -0.39 is 0 Å². The first kappa shape index (κ1) is 14.1. The smallest absolute Gasteiger partial charge is 0.163 e. The zero-order chi connectivity index (χ0) is 16.2. The van der Waals surface area contributed by atoms with Crippen molar-refractivity contribution in [2.75, 3.05) is 5.73 Å². The molecule has 2 aromatic heterocycles. The summed E-state index contributed by atoms with van der Waals surface area (Å²) in [5.74, 6) is 0.0686. The maximum Gasteiger partial charge on any atom is 0.163 e. The van der Waals surface area contributed by atoms with Crippen LogP contribution in [0.4, 0.5) is 5.82 Å². The van der Waals surface area contributed by atoms with Crippen molar-refractivity contribution in [3.05, 3.63) is 53.3 Å². The second-order valence-electron chi connectivity index (χ2n) is 4.71. The Bertz CT molecular complexity index is 948. The summed E-state index contributed by atoms with van der Waals surface area (Å²) in [5, 5.41) is 31.9. The molecule has 3 rings (SSSR count). The van der Waals surface area contributed by atoms with Crippen molar-refractivity contribution in [2.24, 2.45) is 0 Å². The minimum atomic E-state index is 0.0686. The van der Waals surface area contributed by atoms with Gasteiger partial charge in [-0.3, -0.25) is 10.2 Å². The number of nitrogens with one attached hydrogen (secondary N) is 2. The molecule has 0 fully saturated rings. The number of anilines is 1. The molecule has 23 heavy (non-hydrogen) atoms. The summed E-state index contributed by atoms with van der Waals surface area (Å²) in [6.07, 6.45) is 3.26. The molecule has 110 valence electrons. The van der Waals surface area contributed by atoms with Crippen molar-refractivity contribution in [1.29, 1.82) is 10.5 Å². The molecular weight excluding hydrogens is 290 g/mol. The molecule has 0 saturated heterocycles. The molecule has 7 nitrogen and oxygen atoms in total. The average Bonchev–Trinajstić information content (AvgIpc) is 3.19. The maximum absolute atomic E-state index is 9.42. The van der Waals surface area contributed by atoms with Gasteiger partial charge in [-0.05, 0) is 6.08 Å². The lowest BCUT2D eigenvalue weighted by Gasteiger charge is -2.00. The lowest BCUT2D eigenvalue weighted by molar-refractivity contribution is 1.08. The highest BCUT2D eigenvalue weighted by atomic mass is 15.2. The van der Waals surface area contributed by atoms with Crippen molar-refractivity contribution in [1.82, 2.24) is 20.4 Å². The number of nitrogen functional groups attached to an aromatic ring is 1. The zero-order valence-corrected chi connectivity index (χ0v) is 11.9. The van der Waals surface area contributed by atoms with E-state index >= 15 is 0 Å². The van der Waals surface area contributed by atoms with E-state index in [1.54, 1.807) is 12.3 Å². The van der Waals surface area contributed by atoms with E-state index in [9.17, 15) is 5.26 Å². The van der Waals surface area contributed by atoms with E-state index in [0.717, 1.165) is 16.8 Å². The van der Waals surface area contributed by atoms with Gasteiger partial charge in [0.15, 0.2) is 5.82 Å². The molecule has 0 spiro atoms. The van der Waals surface area contributed by atoms with Crippen LogP contribution < -0.4 is 5.73 Å². The van der Waals surface area contributed by atoms with Gasteiger partial charge in [-0.25, -0.2) is 0 Å². The number of allylic oxidation sites excluding steroid dienone is 1. The van der Waals surface area contributed by atoms with E-state index in [0.29, 0.717) is 5.69 Å². The molecule has 0 amide bonds. The van der Waals surface area contributed by atoms with E-state index in [4.69, 9.17) is 11.0 Å². The van der Waals surface area contributed by atoms with Crippen LogP contribution in [0.2, 0.25) is 0 Å². The molecule has 0 saturated carbocycles. The Balaban J connectivity index is 2.10. The number of hydrogen-bond acceptors (Lipinski definition) is 5. The Kier molecular flexibility index (Phi) is 3.61. The van der Waals surface area contributed by atoms with Crippen molar-refractivity contribution in [2.45, 2.75) is 0 Å². The van der Waals surface area contributed by atoms with E-state index in [2.05, 4.69) is 26.5 Å². The quantitative estimate of drug-likeness (QED) is 0.639. The molecule has 0 aliphatic heterocycles. The highest BCUT2D eigenvalue weighted by molar-refractivity contribution is 5.93. The van der Waals surface area contributed by atoms with E-state index in [1.807, 2.05) is 36.4 Å². The number of aromatic amines is 2. The standard InChI is InChI=1S/C16H11N7/c17-7-11(15-13(8-18)16(19)23-22-15)6-12-9-20-21-14(12)10-4-2-1-3-5-10/h1-6,9H,(H,20,21)(H3,19,22,23). The van der Waals surface area contributed by atoms with E-state index in [1.165, 1.54) is 0 Å². The van der Waals surface area contributed by atoms with Gasteiger partial charge >= 0.3 is 0 Å². The van der Waals surface area contributed by atoms with Crippen molar-refractivity contribution >= 4 is 17.5 Å². The van der Waals surface area contributed by atoms with Gasteiger partial charge in [0.05, 0.1) is 23.2 Å². The van der Waals surface area contributed by atoms with Crippen LogP contribution in [0.25, 0.3) is 22.9 Å². The number of nitrogens with zero attached hydrogens (tertiary/aromatic N) is 4. The molecule has 0 aliphatic rings. The third kappa shape index (κ3) is 2.55. The summed E-state index contributed by atoms with van der Waals surface area (Å²) in [6, 6.07) is 13.6. The second kappa shape index (κ2) is 5.88. The SMILES string of the molecule is N#CC(=Cc1cn[nH]c1-c1ccccc1)c1[nH]nc(N)c1C#N. The lowest BCUT2D eigenvalue weighted by Crippen LogP contribution is -1.90. The molecule has 0 radical (unpaired) electrons. The van der Waals surface area contributed by atoms with Gasteiger partial charge in [0.2, 0.25) is 0 Å². The van der Waals surface area contributed by atoms with Gasteiger partial charge in [-0.2, -0.15) is 20.7 Å². The van der Waals surface area contributed by atoms with Gasteiger partial charge in [0, 0.05) is 11.1 Å². The highest BCUT2D eigenvalue weighted by Gasteiger charge is 2.15. The number of nitrogens with two attached hydrogens (primary N) is 1. The first-order chi connectivity index (χ1) is 11.2. The van der Waals surface area contributed by atoms with Crippen LogP contribution in [-0.4, -0.2) is 20.4 Å². The largest absolute Gasteiger partial charge is 0.381 e. The maximum atomic E-state index is 9.42. The van der Waals surface area contributed by atoms with Gasteiger partial charge in [-0.15, -0.1) is 0 Å². The zero-order valence-electron chi connectivity index (χ0n) is 11.9. The molecule has 0 unspecified atom stereocenters. The molecule has 7 heteroatoms. The average molecular weight is 301 g/mol. The van der Waals surface area contributed by atoms with Gasteiger partial charge in [-0.1, -0.05) is 30.3 Å². The monoisotopic (exact) mass is 301 g/mol. The fourth-order valence-corrected chi connectivity index (χ4v) is 2.22. The second-order valence-corrected chi connectivity index (χ2v) is 4.71. The summed E-state index contributed by atoms with van der Waals surface area (Å²) in [7, 11) is 0. The topological polar surface area (TPSA) is 131 Å². The van der Waals surface area contributed by atoms with Crippen LogP contribution in [-0.2, 0) is 0 Å². The molecule has 0 atom stereocenters. The lowest BCUT2D eigenvalue weighted by atomic mass is 10.0. The van der Waals surface area contributed by atoms with E-state index in [-0.39, 0.29) is 17.0 Å². The van der Waals surface area contributed by atoms with Crippen LogP contribution in [0.3, 0.4) is 0 Å². The number of hydrogen-bond donors (Lipinski definition) is 3. The Morgan fingerprint density at radius 2 is 1.96 bits per heavy atom. The minimum Gasteiger partial charge on any atom is -0.381 e. The van der Waals surface area contributed by atoms with Crippen molar-refractivity contribution in [3.63, 3.8) is 0 Å². The first-order valence-corrected chi connectivity index (χ1v) is 6.69. The summed E-state index contributed by atoms with van der Waals surface area (Å²) in [4.78, 5) is 0. The van der Waals surface area contributed by atoms with Gasteiger partial charge in [0.25, 0.3) is 0 Å². The van der Waals surface area contributed by atoms with Gasteiger partial charge < -0.3 is 5.73 Å². The predicted octanol–water partition coefficient (Wildman–Crippen LogP) is 2.32. The molecule has 2 heterocycles. The number of rotatable bonds is 3. The molecule has 1 aromatic carbocycles. The molecule has 3 aromatic rings. The van der Waals surface area contributed by atoms with Crippen molar-refractivity contribution in [3.8, 4) is 23.4 Å². The van der Waals surface area contributed by atoms with Crippen LogP contribution in [0.15, 0.2) is 36.5 Å². The number of H-pyrrole nitrogens is 2. The first-order valence-electron chi connectivity index (χ1n) is 6.69. The third-order valence-corrected chi connectivity index (χ3v) is 3.33. The van der Waals surface area contributed by atoms with Crippen LogP contribution in [0, 0.1) is 22.7 Å². The summed E-state index contributed by atoms with van der Waals surface area (Å²) >= 11 is 0. The number of nitriles is 2. The Labute approximate surface area is 131 Å².